The monoisotopic (exact) mass is 727 g/mol. The molecule has 8 rings (SSSR count). The van der Waals surface area contributed by atoms with Gasteiger partial charge in [0.15, 0.2) is 10.8 Å². The van der Waals surface area contributed by atoms with Gasteiger partial charge in [0.05, 0.1) is 15.6 Å². The lowest BCUT2D eigenvalue weighted by atomic mass is 9.56. The number of hydrogen-bond donors (Lipinski definition) is 2. The number of thiazole rings is 1. The second kappa shape index (κ2) is 13.7. The summed E-state index contributed by atoms with van der Waals surface area (Å²) in [5.74, 6) is 0.993. The van der Waals surface area contributed by atoms with Crippen LogP contribution in [0.15, 0.2) is 72.8 Å². The van der Waals surface area contributed by atoms with Gasteiger partial charge in [-0.2, -0.15) is 0 Å². The van der Waals surface area contributed by atoms with Crippen LogP contribution in [-0.4, -0.2) is 46.5 Å². The maximum Gasteiger partial charge on any atom is 0.355 e. The third kappa shape index (κ3) is 6.47. The largest absolute Gasteiger partial charge is 0.476 e. The Morgan fingerprint density at radius 3 is 2.42 bits per heavy atom. The summed E-state index contributed by atoms with van der Waals surface area (Å²) in [7, 11) is 1.87. The van der Waals surface area contributed by atoms with Gasteiger partial charge in [0, 0.05) is 37.0 Å². The second-order valence-corrected chi connectivity index (χ2v) is 16.7. The quantitative estimate of drug-likeness (QED) is 0.172. The fraction of sp³-hybridized carbons (Fsp3) is 0.372. The molecule has 2 aromatic heterocycles. The highest BCUT2D eigenvalue weighted by Crippen LogP contribution is 2.54. The number of carbonyl (C=O) groups is 3. The van der Waals surface area contributed by atoms with Gasteiger partial charge in [-0.05, 0) is 122 Å². The number of aromatic carboxylic acids is 1. The van der Waals surface area contributed by atoms with Crippen LogP contribution in [0.4, 0.5) is 16.6 Å². The minimum absolute atomic E-state index is 0.0481. The molecule has 3 aliphatic rings. The molecule has 53 heavy (non-hydrogen) atoms. The van der Waals surface area contributed by atoms with Gasteiger partial charge in [-0.15, -0.1) is 0 Å². The first kappa shape index (κ1) is 35.0. The summed E-state index contributed by atoms with van der Waals surface area (Å²) in [5.41, 5.74) is 5.85. The highest BCUT2D eigenvalue weighted by atomic mass is 32.1. The van der Waals surface area contributed by atoms with Crippen LogP contribution >= 0.6 is 11.3 Å². The Morgan fingerprint density at radius 1 is 0.906 bits per heavy atom. The molecule has 0 saturated heterocycles. The van der Waals surface area contributed by atoms with Gasteiger partial charge in [0.2, 0.25) is 5.91 Å². The molecule has 9 nitrogen and oxygen atoms in total. The molecule has 5 aromatic rings. The number of nitrogens with one attached hydrogen (secondary N) is 1. The molecule has 3 aromatic carbocycles. The van der Waals surface area contributed by atoms with Gasteiger partial charge in [0.1, 0.15) is 5.82 Å². The number of anilines is 3. The van der Waals surface area contributed by atoms with E-state index in [2.05, 4.69) is 24.1 Å². The van der Waals surface area contributed by atoms with Crippen molar-refractivity contribution < 1.29 is 19.5 Å². The van der Waals surface area contributed by atoms with E-state index in [0.717, 1.165) is 57.4 Å². The van der Waals surface area contributed by atoms with Crippen LogP contribution in [0.5, 0.6) is 0 Å². The Balaban J connectivity index is 1.06. The number of carboxylic acid groups (broad SMARTS) is 1. The van der Waals surface area contributed by atoms with E-state index >= 15 is 0 Å². The fourth-order valence-electron chi connectivity index (χ4n) is 9.79. The first-order chi connectivity index (χ1) is 25.5. The number of amides is 2. The Kier molecular flexibility index (Phi) is 9.05. The molecule has 2 fully saturated rings. The summed E-state index contributed by atoms with van der Waals surface area (Å²) in [6, 6.07) is 23.0. The van der Waals surface area contributed by atoms with Crippen molar-refractivity contribution in [1.29, 1.82) is 0 Å². The third-order valence-electron chi connectivity index (χ3n) is 11.8. The van der Waals surface area contributed by atoms with Crippen molar-refractivity contribution in [3.63, 3.8) is 0 Å². The van der Waals surface area contributed by atoms with E-state index in [1.165, 1.54) is 24.2 Å². The number of aromatic nitrogens is 2. The molecule has 0 spiro atoms. The first-order valence-corrected chi connectivity index (χ1v) is 19.5. The van der Waals surface area contributed by atoms with Crippen LogP contribution in [0.3, 0.4) is 0 Å². The molecule has 2 bridgehead atoms. The molecule has 2 aliphatic carbocycles. The number of para-hydroxylation sites is 1. The van der Waals surface area contributed by atoms with E-state index in [4.69, 9.17) is 4.98 Å². The molecule has 2 N–H and O–H groups in total. The Morgan fingerprint density at radius 2 is 1.66 bits per heavy atom. The molecule has 0 radical (unpaired) electrons. The maximum atomic E-state index is 14.4. The zero-order valence-electron chi connectivity index (χ0n) is 30.7. The van der Waals surface area contributed by atoms with Crippen molar-refractivity contribution in [1.82, 2.24) is 9.97 Å². The van der Waals surface area contributed by atoms with Gasteiger partial charge in [0.25, 0.3) is 5.91 Å². The normalized spacial score (nSPS) is 22.3. The number of carboxylic acids is 1. The number of nitrogens with zero attached hydrogens (tertiary/aromatic N) is 4. The number of benzene rings is 3. The third-order valence-corrected chi connectivity index (χ3v) is 12.7. The predicted molar refractivity (Wildman–Crippen MR) is 211 cm³/mol. The summed E-state index contributed by atoms with van der Waals surface area (Å²) in [6.45, 7) is 7.56. The molecule has 3 heterocycles. The van der Waals surface area contributed by atoms with Crippen LogP contribution in [0.1, 0.15) is 83.5 Å². The van der Waals surface area contributed by atoms with E-state index in [1.807, 2.05) is 96.6 Å². The van der Waals surface area contributed by atoms with E-state index in [0.29, 0.717) is 59.3 Å². The van der Waals surface area contributed by atoms with Gasteiger partial charge in [-0.1, -0.05) is 61.6 Å². The number of hydrogen-bond acceptors (Lipinski definition) is 7. The number of rotatable bonds is 7. The summed E-state index contributed by atoms with van der Waals surface area (Å²) >= 11 is 1.43. The second-order valence-electron chi connectivity index (χ2n) is 15.7. The lowest BCUT2D eigenvalue weighted by Gasteiger charge is -2.50. The summed E-state index contributed by atoms with van der Waals surface area (Å²) in [6.07, 6.45) is 5.87. The SMILES string of the molecule is Cc1c(-c2ccc(N3CCc4cccc(C(=O)Nc5nc6ccccc6s5)c4C3)nc2C(=O)O)cccc1N(C)C(=O)C12CC(C)CC(CC(C)C1)C2. The molecule has 10 heteroatoms. The lowest BCUT2D eigenvalue weighted by molar-refractivity contribution is -0.136. The Labute approximate surface area is 314 Å². The lowest BCUT2D eigenvalue weighted by Crippen LogP contribution is -2.50. The van der Waals surface area contributed by atoms with E-state index < -0.39 is 5.97 Å². The molecule has 2 amide bonds. The molecule has 272 valence electrons. The van der Waals surface area contributed by atoms with Crippen molar-refractivity contribution in [2.75, 3.05) is 28.7 Å². The van der Waals surface area contributed by atoms with E-state index in [1.54, 1.807) is 0 Å². The molecule has 2 atom stereocenters. The molecule has 2 unspecified atom stereocenters. The van der Waals surface area contributed by atoms with E-state index in [9.17, 15) is 19.5 Å². The van der Waals surface area contributed by atoms with Crippen molar-refractivity contribution in [3.05, 3.63) is 101 Å². The van der Waals surface area contributed by atoms with Crippen LogP contribution in [-0.2, 0) is 17.8 Å². The predicted octanol–water partition coefficient (Wildman–Crippen LogP) is 9.00. The molecule has 2 saturated carbocycles. The first-order valence-electron chi connectivity index (χ1n) is 18.6. The van der Waals surface area contributed by atoms with Crippen molar-refractivity contribution >= 4 is 56.0 Å². The maximum absolute atomic E-state index is 14.4. The van der Waals surface area contributed by atoms with Crippen LogP contribution in [0, 0.1) is 30.1 Å². The highest BCUT2D eigenvalue weighted by Gasteiger charge is 2.50. The average molecular weight is 728 g/mol. The average Bonchev–Trinajstić information content (AvgIpc) is 3.55. The van der Waals surface area contributed by atoms with Crippen molar-refractivity contribution in [2.45, 2.75) is 65.8 Å². The van der Waals surface area contributed by atoms with Crippen LogP contribution in [0.2, 0.25) is 0 Å². The number of carbonyl (C=O) groups excluding carboxylic acids is 2. The van der Waals surface area contributed by atoms with Gasteiger partial charge < -0.3 is 14.9 Å². The summed E-state index contributed by atoms with van der Waals surface area (Å²) in [5, 5.41) is 14.0. The number of fused-ring (bicyclic) bond motifs is 4. The smallest absolute Gasteiger partial charge is 0.355 e. The zero-order chi connectivity index (χ0) is 37.0. The molecular formula is C43H45N5O4S. The molecular weight excluding hydrogens is 683 g/mol. The minimum Gasteiger partial charge on any atom is -0.476 e. The highest BCUT2D eigenvalue weighted by molar-refractivity contribution is 7.22. The van der Waals surface area contributed by atoms with Crippen LogP contribution in [0.25, 0.3) is 21.3 Å². The summed E-state index contributed by atoms with van der Waals surface area (Å²) in [4.78, 5) is 54.0. The number of pyridine rings is 1. The Bertz CT molecular complexity index is 2210. The van der Waals surface area contributed by atoms with Crippen molar-refractivity contribution in [3.8, 4) is 11.1 Å². The van der Waals surface area contributed by atoms with Crippen molar-refractivity contribution in [2.24, 2.45) is 23.2 Å². The van der Waals surface area contributed by atoms with Gasteiger partial charge in [-0.25, -0.2) is 14.8 Å². The van der Waals surface area contributed by atoms with Gasteiger partial charge in [-0.3, -0.25) is 14.9 Å². The standard InChI is InChI=1S/C43H45N5O4S/c1-25-19-28-20-26(2)22-43(21-25,23-28)41(52)47(4)35-13-8-10-30(27(35)3)31-15-16-37(45-38(31)40(50)51)48-18-17-29-9-7-11-32(33(29)24-48)39(49)46-42-44-34-12-5-6-14-36(34)53-42/h5-16,25-26,28H,17-24H2,1-4H3,(H,50,51)(H,44,46,49). The Hall–Kier alpha value is -5.09. The van der Waals surface area contributed by atoms with E-state index in [-0.39, 0.29) is 22.9 Å². The minimum atomic E-state index is -1.12. The summed E-state index contributed by atoms with van der Waals surface area (Å²) < 4.78 is 1.00. The zero-order valence-corrected chi connectivity index (χ0v) is 31.5. The fourth-order valence-corrected chi connectivity index (χ4v) is 10.7. The topological polar surface area (TPSA) is 116 Å². The van der Waals surface area contributed by atoms with Crippen LogP contribution < -0.4 is 15.1 Å². The van der Waals surface area contributed by atoms with Gasteiger partial charge >= 0.3 is 5.97 Å². The molecule has 1 aliphatic heterocycles.